The van der Waals surface area contributed by atoms with E-state index in [0.29, 0.717) is 26.2 Å². The number of nitrogens with zero attached hydrogens (tertiary/aromatic N) is 1. The van der Waals surface area contributed by atoms with E-state index in [1.165, 1.54) is 6.42 Å². The number of carbonyl (C=O) groups is 1. The molecule has 104 valence electrons. The van der Waals surface area contributed by atoms with Crippen LogP contribution in [-0.4, -0.2) is 53.9 Å². The fourth-order valence-corrected chi connectivity index (χ4v) is 2.97. The van der Waals surface area contributed by atoms with Crippen molar-refractivity contribution >= 4 is 5.91 Å². The van der Waals surface area contributed by atoms with Crippen molar-refractivity contribution in [2.75, 3.05) is 26.4 Å². The summed E-state index contributed by atoms with van der Waals surface area (Å²) in [6, 6.07) is -0.196. The molecule has 1 unspecified atom stereocenters. The maximum atomic E-state index is 12.3. The van der Waals surface area contributed by atoms with Gasteiger partial charge in [-0.3, -0.25) is 4.79 Å². The van der Waals surface area contributed by atoms with Crippen LogP contribution in [0.3, 0.4) is 0 Å². The molecule has 1 heterocycles. The zero-order valence-electron chi connectivity index (χ0n) is 10.9. The Kier molecular flexibility index (Phi) is 4.59. The largest absolute Gasteiger partial charge is 0.394 e. The van der Waals surface area contributed by atoms with Crippen molar-refractivity contribution in [1.29, 1.82) is 0 Å². The van der Waals surface area contributed by atoms with Crippen LogP contribution in [0.4, 0.5) is 0 Å². The smallest absolute Gasteiger partial charge is 0.224 e. The Morgan fingerprint density at radius 1 is 1.39 bits per heavy atom. The quantitative estimate of drug-likeness (QED) is 0.759. The molecule has 1 amide bonds. The fraction of sp³-hybridized carbons (Fsp3) is 0.923. The van der Waals surface area contributed by atoms with E-state index < -0.39 is 0 Å². The highest BCUT2D eigenvalue weighted by Gasteiger charge is 2.34. The lowest BCUT2D eigenvalue weighted by Gasteiger charge is -2.39. The lowest BCUT2D eigenvalue weighted by atomic mass is 9.80. The number of ether oxygens (including phenoxy) is 1. The summed E-state index contributed by atoms with van der Waals surface area (Å²) in [6.45, 7) is 1.52. The highest BCUT2D eigenvalue weighted by molar-refractivity contribution is 5.78. The Labute approximate surface area is 108 Å². The Hall–Kier alpha value is -0.650. The van der Waals surface area contributed by atoms with E-state index in [9.17, 15) is 9.90 Å². The number of carbonyl (C=O) groups excluding carboxylic acids is 1. The van der Waals surface area contributed by atoms with E-state index in [4.69, 9.17) is 10.5 Å². The molecule has 1 aliphatic heterocycles. The van der Waals surface area contributed by atoms with Crippen LogP contribution in [0.1, 0.15) is 38.5 Å². The molecule has 3 N–H and O–H groups in total. The van der Waals surface area contributed by atoms with Crippen LogP contribution in [0, 0.1) is 0 Å². The van der Waals surface area contributed by atoms with Gasteiger partial charge >= 0.3 is 0 Å². The van der Waals surface area contributed by atoms with E-state index in [0.717, 1.165) is 25.7 Å². The zero-order chi connectivity index (χ0) is 13.0. The summed E-state index contributed by atoms with van der Waals surface area (Å²) in [4.78, 5) is 14.1. The first-order valence-corrected chi connectivity index (χ1v) is 6.92. The Balaban J connectivity index is 1.93. The van der Waals surface area contributed by atoms with E-state index in [2.05, 4.69) is 0 Å². The molecular weight excluding hydrogens is 232 g/mol. The van der Waals surface area contributed by atoms with Crippen molar-refractivity contribution in [2.45, 2.75) is 50.1 Å². The predicted octanol–water partition coefficient (Wildman–Crippen LogP) is 0.258. The van der Waals surface area contributed by atoms with Crippen LogP contribution in [-0.2, 0) is 9.53 Å². The van der Waals surface area contributed by atoms with Gasteiger partial charge in [0.1, 0.15) is 0 Å². The predicted molar refractivity (Wildman–Crippen MR) is 68.0 cm³/mol. The average Bonchev–Trinajstić information content (AvgIpc) is 2.39. The topological polar surface area (TPSA) is 75.8 Å². The van der Waals surface area contributed by atoms with Gasteiger partial charge in [0.15, 0.2) is 0 Å². The first kappa shape index (κ1) is 13.8. The van der Waals surface area contributed by atoms with Gasteiger partial charge in [-0.05, 0) is 12.8 Å². The van der Waals surface area contributed by atoms with E-state index in [1.54, 1.807) is 4.90 Å². The first-order chi connectivity index (χ1) is 8.64. The standard InChI is InChI=1S/C13H24N2O3/c14-13(4-2-1-3-5-13)8-12(17)15-6-7-18-10-11(15)9-16/h11,16H,1-10,14H2. The van der Waals surface area contributed by atoms with Crippen LogP contribution >= 0.6 is 0 Å². The second-order valence-electron chi connectivity index (χ2n) is 5.60. The second kappa shape index (κ2) is 5.99. The van der Waals surface area contributed by atoms with Crippen LogP contribution in [0.25, 0.3) is 0 Å². The summed E-state index contributed by atoms with van der Waals surface area (Å²) in [5, 5.41) is 9.28. The van der Waals surface area contributed by atoms with Gasteiger partial charge in [0.25, 0.3) is 0 Å². The monoisotopic (exact) mass is 256 g/mol. The van der Waals surface area contributed by atoms with Gasteiger partial charge in [0, 0.05) is 18.5 Å². The van der Waals surface area contributed by atoms with E-state index in [1.807, 2.05) is 0 Å². The minimum absolute atomic E-state index is 0.0384. The molecule has 18 heavy (non-hydrogen) atoms. The molecule has 0 spiro atoms. The number of rotatable bonds is 3. The van der Waals surface area contributed by atoms with Crippen LogP contribution in [0.5, 0.6) is 0 Å². The second-order valence-corrected chi connectivity index (χ2v) is 5.60. The lowest BCUT2D eigenvalue weighted by Crippen LogP contribution is -2.54. The SMILES string of the molecule is NC1(CC(=O)N2CCOCC2CO)CCCCC1. The van der Waals surface area contributed by atoms with Gasteiger partial charge in [0.05, 0.1) is 25.9 Å². The van der Waals surface area contributed by atoms with Gasteiger partial charge in [-0.1, -0.05) is 19.3 Å². The molecule has 2 fully saturated rings. The summed E-state index contributed by atoms with van der Waals surface area (Å²) < 4.78 is 5.28. The third kappa shape index (κ3) is 3.22. The third-order valence-corrected chi connectivity index (χ3v) is 4.11. The molecule has 0 bridgehead atoms. The number of nitrogens with two attached hydrogens (primary N) is 1. The van der Waals surface area contributed by atoms with Crippen molar-refractivity contribution in [1.82, 2.24) is 4.90 Å². The van der Waals surface area contributed by atoms with Crippen LogP contribution in [0.15, 0.2) is 0 Å². The van der Waals surface area contributed by atoms with E-state index in [-0.39, 0.29) is 24.1 Å². The van der Waals surface area contributed by atoms with Crippen molar-refractivity contribution in [3.8, 4) is 0 Å². The van der Waals surface area contributed by atoms with Gasteiger partial charge in [-0.2, -0.15) is 0 Å². The van der Waals surface area contributed by atoms with Gasteiger partial charge in [-0.15, -0.1) is 0 Å². The van der Waals surface area contributed by atoms with Gasteiger partial charge in [0.2, 0.25) is 5.91 Å². The minimum atomic E-state index is -0.326. The van der Waals surface area contributed by atoms with Gasteiger partial charge < -0.3 is 20.5 Å². The maximum Gasteiger partial charge on any atom is 0.224 e. The minimum Gasteiger partial charge on any atom is -0.394 e. The molecule has 1 atom stereocenters. The Bertz CT molecular complexity index is 290. The molecule has 0 aromatic carbocycles. The molecule has 2 aliphatic rings. The zero-order valence-corrected chi connectivity index (χ0v) is 10.9. The van der Waals surface area contributed by atoms with Crippen molar-refractivity contribution in [3.05, 3.63) is 0 Å². The lowest BCUT2D eigenvalue weighted by molar-refractivity contribution is -0.143. The number of amides is 1. The molecule has 1 saturated carbocycles. The number of aliphatic hydroxyl groups excluding tert-OH is 1. The van der Waals surface area contributed by atoms with Crippen LogP contribution in [0.2, 0.25) is 0 Å². The summed E-state index contributed by atoms with van der Waals surface area (Å²) in [6.07, 6.45) is 5.75. The maximum absolute atomic E-state index is 12.3. The van der Waals surface area contributed by atoms with Crippen molar-refractivity contribution in [2.24, 2.45) is 5.73 Å². The Morgan fingerprint density at radius 3 is 2.78 bits per heavy atom. The summed E-state index contributed by atoms with van der Waals surface area (Å²) in [5.41, 5.74) is 5.99. The van der Waals surface area contributed by atoms with Crippen molar-refractivity contribution < 1.29 is 14.6 Å². The average molecular weight is 256 g/mol. The summed E-state index contributed by atoms with van der Waals surface area (Å²) >= 11 is 0. The third-order valence-electron chi connectivity index (χ3n) is 4.11. The molecule has 0 aromatic heterocycles. The Morgan fingerprint density at radius 2 is 2.11 bits per heavy atom. The fourth-order valence-electron chi connectivity index (χ4n) is 2.97. The number of hydrogen-bond acceptors (Lipinski definition) is 4. The number of morpholine rings is 1. The number of aliphatic hydroxyl groups is 1. The molecule has 5 nitrogen and oxygen atoms in total. The molecular formula is C13H24N2O3. The number of hydrogen-bond donors (Lipinski definition) is 2. The molecule has 0 radical (unpaired) electrons. The molecule has 1 aliphatic carbocycles. The normalized spacial score (nSPS) is 28.1. The molecule has 5 heteroatoms. The van der Waals surface area contributed by atoms with Crippen LogP contribution < -0.4 is 5.73 Å². The van der Waals surface area contributed by atoms with Crippen molar-refractivity contribution in [3.63, 3.8) is 0 Å². The molecule has 2 rings (SSSR count). The molecule has 0 aromatic rings. The highest BCUT2D eigenvalue weighted by Crippen LogP contribution is 2.29. The molecule has 1 saturated heterocycles. The summed E-state index contributed by atoms with van der Waals surface area (Å²) in [7, 11) is 0. The summed E-state index contributed by atoms with van der Waals surface area (Å²) in [5.74, 6) is 0.0711. The first-order valence-electron chi connectivity index (χ1n) is 6.92. The van der Waals surface area contributed by atoms with Gasteiger partial charge in [-0.25, -0.2) is 0 Å². The van der Waals surface area contributed by atoms with E-state index >= 15 is 0 Å². The highest BCUT2D eigenvalue weighted by atomic mass is 16.5.